The Kier molecular flexibility index (Phi) is 5.63. The maximum atomic E-state index is 12.0. The largest absolute Gasteiger partial charge is 0.463 e. The Morgan fingerprint density at radius 3 is 2.59 bits per heavy atom. The minimum atomic E-state index is -0.558. The van der Waals surface area contributed by atoms with Gasteiger partial charge in [-0.3, -0.25) is 4.68 Å². The Morgan fingerprint density at radius 1 is 1.19 bits per heavy atom. The lowest BCUT2D eigenvalue weighted by Crippen LogP contribution is -2.19. The van der Waals surface area contributed by atoms with Crippen molar-refractivity contribution >= 4 is 46.6 Å². The second-order valence-electron chi connectivity index (χ2n) is 5.26. The van der Waals surface area contributed by atoms with Crippen LogP contribution in [0.4, 0.5) is 16.2 Å². The summed E-state index contributed by atoms with van der Waals surface area (Å²) in [4.78, 5) is 27.2. The van der Waals surface area contributed by atoms with E-state index in [1.54, 1.807) is 12.3 Å². The van der Waals surface area contributed by atoms with Crippen LogP contribution >= 0.6 is 23.2 Å². The normalized spacial score (nSPS) is 10.5. The van der Waals surface area contributed by atoms with Crippen LogP contribution in [0.25, 0.3) is 0 Å². The molecule has 0 aliphatic rings. The number of rotatable bonds is 5. The fourth-order valence-corrected chi connectivity index (χ4v) is 2.64. The number of amides is 2. The molecule has 3 aromatic heterocycles. The first-order valence-corrected chi connectivity index (χ1v) is 8.29. The van der Waals surface area contributed by atoms with Crippen molar-refractivity contribution in [2.75, 3.05) is 17.7 Å². The third-order valence-electron chi connectivity index (χ3n) is 3.28. The quantitative estimate of drug-likeness (QED) is 0.491. The summed E-state index contributed by atoms with van der Waals surface area (Å²) >= 11 is 11.6. The lowest BCUT2D eigenvalue weighted by atomic mass is 10.4. The fourth-order valence-electron chi connectivity index (χ4n) is 2.18. The monoisotopic (exact) mass is 409 g/mol. The summed E-state index contributed by atoms with van der Waals surface area (Å²) in [6.45, 7) is 0.274. The van der Waals surface area contributed by atoms with E-state index in [9.17, 15) is 9.59 Å². The minimum absolute atomic E-state index is 0.104. The van der Waals surface area contributed by atoms with Crippen LogP contribution in [0.1, 0.15) is 16.3 Å². The molecule has 3 rings (SSSR count). The number of nitrogens with zero attached hydrogens (tertiary/aromatic N) is 3. The van der Waals surface area contributed by atoms with Gasteiger partial charge in [0.05, 0.1) is 25.5 Å². The van der Waals surface area contributed by atoms with E-state index in [-0.39, 0.29) is 22.6 Å². The Bertz CT molecular complexity index is 965. The second kappa shape index (κ2) is 8.11. The molecule has 0 aromatic carbocycles. The van der Waals surface area contributed by atoms with Gasteiger partial charge in [-0.05, 0) is 24.3 Å². The van der Waals surface area contributed by atoms with Gasteiger partial charge in [0, 0.05) is 11.9 Å². The molecule has 0 atom stereocenters. The number of halogens is 2. The van der Waals surface area contributed by atoms with E-state index in [2.05, 4.69) is 25.5 Å². The van der Waals surface area contributed by atoms with Gasteiger partial charge in [0.2, 0.25) is 5.76 Å². The zero-order valence-electron chi connectivity index (χ0n) is 13.9. The number of carbonyl (C=O) groups excluding carboxylic acids is 2. The summed E-state index contributed by atoms with van der Waals surface area (Å²) in [5.41, 5.74) is 0.856. The summed E-state index contributed by atoms with van der Waals surface area (Å²) in [6, 6.07) is 5.59. The molecule has 140 valence electrons. The molecular formula is C16H13Cl2N5O4. The molecule has 0 saturated carbocycles. The predicted molar refractivity (Wildman–Crippen MR) is 98.3 cm³/mol. The van der Waals surface area contributed by atoms with E-state index < -0.39 is 12.0 Å². The summed E-state index contributed by atoms with van der Waals surface area (Å²) in [5, 5.41) is 9.66. The Hall–Kier alpha value is -3.04. The summed E-state index contributed by atoms with van der Waals surface area (Å²) in [6.07, 6.45) is 3.07. The van der Waals surface area contributed by atoms with E-state index in [1.165, 1.54) is 36.2 Å². The van der Waals surface area contributed by atoms with Crippen LogP contribution in [0.3, 0.4) is 0 Å². The van der Waals surface area contributed by atoms with Gasteiger partial charge in [-0.2, -0.15) is 5.10 Å². The zero-order chi connectivity index (χ0) is 19.4. The zero-order valence-corrected chi connectivity index (χ0v) is 15.4. The predicted octanol–water partition coefficient (Wildman–Crippen LogP) is 3.66. The summed E-state index contributed by atoms with van der Waals surface area (Å²) < 4.78 is 11.5. The summed E-state index contributed by atoms with van der Waals surface area (Å²) in [7, 11) is 1.27. The van der Waals surface area contributed by atoms with E-state index in [0.29, 0.717) is 17.1 Å². The first kappa shape index (κ1) is 18.7. The smallest absolute Gasteiger partial charge is 0.373 e. The Balaban J connectivity index is 1.59. The van der Waals surface area contributed by atoms with Gasteiger partial charge in [0.25, 0.3) is 0 Å². The van der Waals surface area contributed by atoms with Crippen LogP contribution in [0.5, 0.6) is 0 Å². The van der Waals surface area contributed by atoms with Crippen molar-refractivity contribution in [1.82, 2.24) is 14.8 Å². The third-order valence-corrected chi connectivity index (χ3v) is 3.67. The number of pyridine rings is 1. The highest BCUT2D eigenvalue weighted by Gasteiger charge is 2.12. The van der Waals surface area contributed by atoms with Gasteiger partial charge in [-0.15, -0.1) is 0 Å². The van der Waals surface area contributed by atoms with E-state index in [1.807, 2.05) is 0 Å². The van der Waals surface area contributed by atoms with Gasteiger partial charge in [-0.25, -0.2) is 14.6 Å². The molecule has 0 aliphatic carbocycles. The molecule has 27 heavy (non-hydrogen) atoms. The molecule has 0 unspecified atom stereocenters. The van der Waals surface area contributed by atoms with Crippen LogP contribution in [-0.2, 0) is 11.3 Å². The van der Waals surface area contributed by atoms with Crippen molar-refractivity contribution in [1.29, 1.82) is 0 Å². The molecule has 0 saturated heterocycles. The van der Waals surface area contributed by atoms with Crippen LogP contribution in [0.15, 0.2) is 41.1 Å². The van der Waals surface area contributed by atoms with Crippen LogP contribution < -0.4 is 10.6 Å². The van der Waals surface area contributed by atoms with Crippen LogP contribution in [0, 0.1) is 0 Å². The van der Waals surface area contributed by atoms with Gasteiger partial charge >= 0.3 is 12.0 Å². The molecule has 0 bridgehead atoms. The number of urea groups is 1. The number of hydrogen-bond acceptors (Lipinski definition) is 6. The second-order valence-corrected chi connectivity index (χ2v) is 6.04. The molecular weight excluding hydrogens is 397 g/mol. The molecule has 3 aromatic rings. The molecule has 0 spiro atoms. The standard InChI is InChI=1S/C16H13Cl2N5O4/c1-26-15(24)12-3-2-11(27-12)8-23-7-10(6-19-23)21-16(25)20-9-4-13(17)22-14(18)5-9/h2-7H,8H2,1H3,(H2,20,21,22,25). The Morgan fingerprint density at radius 2 is 1.89 bits per heavy atom. The average Bonchev–Trinajstić information content (AvgIpc) is 3.23. The number of nitrogens with one attached hydrogen (secondary N) is 2. The first-order chi connectivity index (χ1) is 12.9. The highest BCUT2D eigenvalue weighted by atomic mass is 35.5. The number of furan rings is 1. The highest BCUT2D eigenvalue weighted by Crippen LogP contribution is 2.19. The van der Waals surface area contributed by atoms with E-state index in [4.69, 9.17) is 27.6 Å². The van der Waals surface area contributed by atoms with Gasteiger partial charge in [0.15, 0.2) is 0 Å². The molecule has 0 radical (unpaired) electrons. The van der Waals surface area contributed by atoms with Crippen molar-refractivity contribution in [2.24, 2.45) is 0 Å². The van der Waals surface area contributed by atoms with Crippen LogP contribution in [-0.4, -0.2) is 33.9 Å². The van der Waals surface area contributed by atoms with Crippen molar-refractivity contribution in [3.05, 3.63) is 58.5 Å². The molecule has 0 aliphatic heterocycles. The van der Waals surface area contributed by atoms with Crippen molar-refractivity contribution in [2.45, 2.75) is 6.54 Å². The van der Waals surface area contributed by atoms with E-state index in [0.717, 1.165) is 0 Å². The van der Waals surface area contributed by atoms with Crippen molar-refractivity contribution in [3.63, 3.8) is 0 Å². The molecule has 2 N–H and O–H groups in total. The Labute approximate surface area is 163 Å². The number of anilines is 2. The molecule has 11 heteroatoms. The lowest BCUT2D eigenvalue weighted by molar-refractivity contribution is 0.0562. The van der Waals surface area contributed by atoms with Gasteiger partial charge in [-0.1, -0.05) is 23.2 Å². The lowest BCUT2D eigenvalue weighted by Gasteiger charge is -2.06. The van der Waals surface area contributed by atoms with Gasteiger partial charge in [0.1, 0.15) is 16.1 Å². The van der Waals surface area contributed by atoms with Crippen LogP contribution in [0.2, 0.25) is 10.3 Å². The molecule has 9 nitrogen and oxygen atoms in total. The molecule has 2 amide bonds. The number of carbonyl (C=O) groups is 2. The highest BCUT2D eigenvalue weighted by molar-refractivity contribution is 6.33. The van der Waals surface area contributed by atoms with Crippen molar-refractivity contribution in [3.8, 4) is 0 Å². The minimum Gasteiger partial charge on any atom is -0.463 e. The summed E-state index contributed by atoms with van der Waals surface area (Å²) in [5.74, 6) is 0.0553. The van der Waals surface area contributed by atoms with Crippen molar-refractivity contribution < 1.29 is 18.7 Å². The number of ether oxygens (including phenoxy) is 1. The average molecular weight is 410 g/mol. The van der Waals surface area contributed by atoms with Gasteiger partial charge < -0.3 is 19.8 Å². The molecule has 0 fully saturated rings. The number of esters is 1. The third kappa shape index (κ3) is 4.99. The topological polar surface area (TPSA) is 111 Å². The number of methoxy groups -OCH3 is 1. The SMILES string of the molecule is COC(=O)c1ccc(Cn2cc(NC(=O)Nc3cc(Cl)nc(Cl)c3)cn2)o1. The fraction of sp³-hybridized carbons (Fsp3) is 0.125. The van der Waals surface area contributed by atoms with E-state index >= 15 is 0 Å². The number of aromatic nitrogens is 3. The first-order valence-electron chi connectivity index (χ1n) is 7.53. The maximum absolute atomic E-state index is 12.0. The molecule has 3 heterocycles. The maximum Gasteiger partial charge on any atom is 0.373 e. The number of hydrogen-bond donors (Lipinski definition) is 2.